The summed E-state index contributed by atoms with van der Waals surface area (Å²) >= 11 is 0. The van der Waals surface area contributed by atoms with Gasteiger partial charge >= 0.3 is 0 Å². The lowest BCUT2D eigenvalue weighted by atomic mass is 9.73. The van der Waals surface area contributed by atoms with Crippen molar-refractivity contribution in [1.82, 2.24) is 0 Å². The summed E-state index contributed by atoms with van der Waals surface area (Å²) < 4.78 is 12.2. The summed E-state index contributed by atoms with van der Waals surface area (Å²) in [5, 5.41) is 5.18. The van der Waals surface area contributed by atoms with Gasteiger partial charge in [-0.25, -0.2) is 0 Å². The third kappa shape index (κ3) is 2.38. The van der Waals surface area contributed by atoms with Crippen LogP contribution in [0.2, 0.25) is 0 Å². The zero-order chi connectivity index (χ0) is 20.2. The number of ether oxygens (including phenoxy) is 2. The Hall–Kier alpha value is -2.68. The lowest BCUT2D eigenvalue weighted by Crippen LogP contribution is -2.45. The van der Waals surface area contributed by atoms with E-state index in [2.05, 4.69) is 78.9 Å². The van der Waals surface area contributed by atoms with Crippen molar-refractivity contribution in [3.05, 3.63) is 84.4 Å². The number of methoxy groups -OCH3 is 1. The maximum atomic E-state index is 6.18. The Balaban J connectivity index is 1.53. The summed E-state index contributed by atoms with van der Waals surface area (Å²) in [6, 6.07) is 28.9. The summed E-state index contributed by atoms with van der Waals surface area (Å²) in [5.74, 6) is -0.444. The molecule has 0 radical (unpaired) electrons. The van der Waals surface area contributed by atoms with Crippen molar-refractivity contribution in [3.8, 4) is 11.1 Å². The van der Waals surface area contributed by atoms with Gasteiger partial charge in [-0.3, -0.25) is 0 Å². The molecule has 0 bridgehead atoms. The van der Waals surface area contributed by atoms with Gasteiger partial charge in [-0.1, -0.05) is 72.8 Å². The zero-order valence-corrected chi connectivity index (χ0v) is 17.4. The standard InChI is InChI=1S/C28H26O2/c1-29-28-16-6-15-27(28,17-18-30-28)23-13-11-20(12-14-23)26-24-9-4-2-7-21(24)19-22-8-3-5-10-25(22)26/h2-5,7-14,19H,6,15-18H2,1H3. The van der Waals surface area contributed by atoms with Gasteiger partial charge in [0, 0.05) is 13.5 Å². The van der Waals surface area contributed by atoms with Crippen molar-refractivity contribution < 1.29 is 9.47 Å². The van der Waals surface area contributed by atoms with Crippen molar-refractivity contribution in [2.75, 3.05) is 13.7 Å². The molecule has 4 aromatic carbocycles. The van der Waals surface area contributed by atoms with Crippen LogP contribution in [-0.2, 0) is 14.9 Å². The molecule has 4 aromatic rings. The molecule has 6 rings (SSSR count). The van der Waals surface area contributed by atoms with E-state index in [1.54, 1.807) is 0 Å². The average Bonchev–Trinajstić information content (AvgIpc) is 3.34. The van der Waals surface area contributed by atoms with Crippen LogP contribution in [0.1, 0.15) is 31.2 Å². The number of hydrogen-bond donors (Lipinski definition) is 0. The number of benzene rings is 4. The monoisotopic (exact) mass is 394 g/mol. The molecule has 0 N–H and O–H groups in total. The van der Waals surface area contributed by atoms with Crippen LogP contribution >= 0.6 is 0 Å². The summed E-state index contributed by atoms with van der Waals surface area (Å²) in [6.07, 6.45) is 4.32. The van der Waals surface area contributed by atoms with Crippen LogP contribution < -0.4 is 0 Å². The van der Waals surface area contributed by atoms with Gasteiger partial charge in [-0.15, -0.1) is 0 Å². The van der Waals surface area contributed by atoms with Crippen molar-refractivity contribution in [2.24, 2.45) is 0 Å². The lowest BCUT2D eigenvalue weighted by Gasteiger charge is -2.38. The molecular formula is C28H26O2. The molecule has 0 spiro atoms. The molecule has 1 aliphatic heterocycles. The minimum atomic E-state index is -0.444. The topological polar surface area (TPSA) is 18.5 Å². The lowest BCUT2D eigenvalue weighted by molar-refractivity contribution is -0.213. The van der Waals surface area contributed by atoms with E-state index in [1.807, 2.05) is 7.11 Å². The van der Waals surface area contributed by atoms with E-state index in [4.69, 9.17) is 9.47 Å². The van der Waals surface area contributed by atoms with Crippen molar-refractivity contribution in [1.29, 1.82) is 0 Å². The van der Waals surface area contributed by atoms with E-state index in [9.17, 15) is 0 Å². The second-order valence-electron chi connectivity index (χ2n) is 8.76. The van der Waals surface area contributed by atoms with Crippen LogP contribution in [0.25, 0.3) is 32.7 Å². The quantitative estimate of drug-likeness (QED) is 0.354. The van der Waals surface area contributed by atoms with Gasteiger partial charge in [-0.05, 0) is 63.6 Å². The largest absolute Gasteiger partial charge is 0.352 e. The van der Waals surface area contributed by atoms with Gasteiger partial charge in [0.1, 0.15) is 0 Å². The normalized spacial score (nSPS) is 25.8. The molecule has 1 heterocycles. The van der Waals surface area contributed by atoms with Gasteiger partial charge in [0.25, 0.3) is 0 Å². The van der Waals surface area contributed by atoms with Crippen LogP contribution in [0.15, 0.2) is 78.9 Å². The number of rotatable bonds is 3. The predicted molar refractivity (Wildman–Crippen MR) is 123 cm³/mol. The molecule has 0 aromatic heterocycles. The molecular weight excluding hydrogens is 368 g/mol. The summed E-state index contributed by atoms with van der Waals surface area (Å²) in [4.78, 5) is 0. The SMILES string of the molecule is COC12CCCC1(c1ccc(-c3c4ccccc4cc4ccccc34)cc1)CCO2. The minimum Gasteiger partial charge on any atom is -0.352 e. The van der Waals surface area contributed by atoms with Crippen LogP contribution in [0.3, 0.4) is 0 Å². The highest BCUT2D eigenvalue weighted by Gasteiger charge is 2.60. The Labute approximate surface area is 177 Å². The fraction of sp³-hybridized carbons (Fsp3) is 0.286. The third-order valence-electron chi connectivity index (χ3n) is 7.53. The van der Waals surface area contributed by atoms with Gasteiger partial charge in [0.2, 0.25) is 0 Å². The number of hydrogen-bond acceptors (Lipinski definition) is 2. The molecule has 1 saturated carbocycles. The third-order valence-corrected chi connectivity index (χ3v) is 7.53. The zero-order valence-electron chi connectivity index (χ0n) is 17.4. The molecule has 1 saturated heterocycles. The highest BCUT2D eigenvalue weighted by Crippen LogP contribution is 2.57. The van der Waals surface area contributed by atoms with Crippen molar-refractivity contribution >= 4 is 21.5 Å². The molecule has 1 aliphatic carbocycles. The average molecular weight is 395 g/mol. The van der Waals surface area contributed by atoms with Gasteiger partial charge in [0.05, 0.1) is 12.0 Å². The van der Waals surface area contributed by atoms with Crippen molar-refractivity contribution in [2.45, 2.75) is 36.9 Å². The Kier molecular flexibility index (Phi) is 4.02. The molecule has 2 heteroatoms. The number of fused-ring (bicyclic) bond motifs is 3. The van der Waals surface area contributed by atoms with E-state index >= 15 is 0 Å². The Bertz CT molecular complexity index is 1170. The molecule has 2 aliphatic rings. The first kappa shape index (κ1) is 18.1. The summed E-state index contributed by atoms with van der Waals surface area (Å²) in [7, 11) is 1.81. The van der Waals surface area contributed by atoms with E-state index in [0.717, 1.165) is 32.3 Å². The van der Waals surface area contributed by atoms with Crippen LogP contribution in [0.4, 0.5) is 0 Å². The van der Waals surface area contributed by atoms with Crippen LogP contribution in [0, 0.1) is 0 Å². The minimum absolute atomic E-state index is 0.0128. The highest BCUT2D eigenvalue weighted by molar-refractivity contribution is 6.12. The Morgan fingerprint density at radius 3 is 2.10 bits per heavy atom. The van der Waals surface area contributed by atoms with E-state index in [1.165, 1.54) is 38.2 Å². The van der Waals surface area contributed by atoms with Gasteiger partial charge in [-0.2, -0.15) is 0 Å². The van der Waals surface area contributed by atoms with E-state index in [-0.39, 0.29) is 5.41 Å². The first-order chi connectivity index (χ1) is 14.8. The van der Waals surface area contributed by atoms with E-state index in [0.29, 0.717) is 0 Å². The molecule has 2 nitrogen and oxygen atoms in total. The second kappa shape index (κ2) is 6.66. The molecule has 150 valence electrons. The van der Waals surface area contributed by atoms with Crippen LogP contribution in [-0.4, -0.2) is 19.5 Å². The second-order valence-corrected chi connectivity index (χ2v) is 8.76. The first-order valence-corrected chi connectivity index (χ1v) is 11.0. The van der Waals surface area contributed by atoms with Crippen molar-refractivity contribution in [3.63, 3.8) is 0 Å². The predicted octanol–water partition coefficient (Wildman–Crippen LogP) is 6.84. The maximum Gasteiger partial charge on any atom is 0.177 e. The Morgan fingerprint density at radius 2 is 1.43 bits per heavy atom. The van der Waals surface area contributed by atoms with Gasteiger partial charge in [0.15, 0.2) is 5.79 Å². The summed E-state index contributed by atoms with van der Waals surface area (Å²) in [6.45, 7) is 0.781. The summed E-state index contributed by atoms with van der Waals surface area (Å²) in [5.41, 5.74) is 3.93. The Morgan fingerprint density at radius 1 is 0.767 bits per heavy atom. The molecule has 0 amide bonds. The molecule has 30 heavy (non-hydrogen) atoms. The molecule has 2 atom stereocenters. The molecule has 2 unspecified atom stereocenters. The molecule has 2 fully saturated rings. The van der Waals surface area contributed by atoms with Crippen LogP contribution in [0.5, 0.6) is 0 Å². The van der Waals surface area contributed by atoms with E-state index < -0.39 is 5.79 Å². The highest BCUT2D eigenvalue weighted by atomic mass is 16.7. The van der Waals surface area contributed by atoms with Gasteiger partial charge < -0.3 is 9.47 Å². The maximum absolute atomic E-state index is 6.18. The first-order valence-electron chi connectivity index (χ1n) is 11.0. The fourth-order valence-corrected chi connectivity index (χ4v) is 6.11. The fourth-order valence-electron chi connectivity index (χ4n) is 6.11. The smallest absolute Gasteiger partial charge is 0.177 e.